The van der Waals surface area contributed by atoms with Gasteiger partial charge in [-0.25, -0.2) is 9.48 Å². The van der Waals surface area contributed by atoms with Crippen LogP contribution in [0.25, 0.3) is 17.1 Å². The number of tetrazole rings is 1. The van der Waals surface area contributed by atoms with Gasteiger partial charge >= 0.3 is 5.97 Å². The van der Waals surface area contributed by atoms with E-state index in [0.29, 0.717) is 24.4 Å². The molecule has 0 bridgehead atoms. The molecule has 2 heterocycles. The van der Waals surface area contributed by atoms with Crippen molar-refractivity contribution >= 4 is 5.97 Å². The van der Waals surface area contributed by atoms with Gasteiger partial charge in [0, 0.05) is 18.2 Å². The molecule has 8 heteroatoms. The van der Waals surface area contributed by atoms with E-state index in [0.717, 1.165) is 16.8 Å². The van der Waals surface area contributed by atoms with Gasteiger partial charge in [0.1, 0.15) is 0 Å². The van der Waals surface area contributed by atoms with E-state index in [2.05, 4.69) is 20.5 Å². The van der Waals surface area contributed by atoms with Gasteiger partial charge in [0.25, 0.3) is 0 Å². The van der Waals surface area contributed by atoms with Gasteiger partial charge in [-0.05, 0) is 42.0 Å². The monoisotopic (exact) mass is 388 g/mol. The number of aryl methyl sites for hydroxylation is 2. The predicted octanol–water partition coefficient (Wildman–Crippen LogP) is 3.08. The molecule has 0 saturated carbocycles. The van der Waals surface area contributed by atoms with Gasteiger partial charge in [-0.2, -0.15) is 9.90 Å². The van der Waals surface area contributed by atoms with Crippen molar-refractivity contribution in [3.05, 3.63) is 78.1 Å². The fourth-order valence-corrected chi connectivity index (χ4v) is 2.80. The minimum Gasteiger partial charge on any atom is -0.462 e. The van der Waals surface area contributed by atoms with E-state index in [1.807, 2.05) is 55.6 Å². The van der Waals surface area contributed by atoms with Gasteiger partial charge < -0.3 is 4.74 Å². The van der Waals surface area contributed by atoms with E-state index in [-0.39, 0.29) is 12.6 Å². The Hall–Kier alpha value is -3.81. The molecule has 4 rings (SSSR count). The Morgan fingerprint density at radius 3 is 2.59 bits per heavy atom. The highest BCUT2D eigenvalue weighted by molar-refractivity contribution is 5.89. The Kier molecular flexibility index (Phi) is 5.42. The van der Waals surface area contributed by atoms with Crippen LogP contribution in [-0.2, 0) is 11.3 Å². The van der Waals surface area contributed by atoms with E-state index in [4.69, 9.17) is 4.74 Å². The first-order valence-corrected chi connectivity index (χ1v) is 9.31. The van der Waals surface area contributed by atoms with Crippen molar-refractivity contribution in [2.45, 2.75) is 19.9 Å². The van der Waals surface area contributed by atoms with E-state index >= 15 is 0 Å². The van der Waals surface area contributed by atoms with Gasteiger partial charge in [0.2, 0.25) is 5.82 Å². The summed E-state index contributed by atoms with van der Waals surface area (Å²) < 4.78 is 7.10. The molecular formula is C21H20N6O2. The summed E-state index contributed by atoms with van der Waals surface area (Å²) in [6.07, 6.45) is 4.31. The molecule has 0 aliphatic rings. The quantitative estimate of drug-likeness (QED) is 0.357. The Bertz CT molecular complexity index is 1090. The Morgan fingerprint density at radius 2 is 1.86 bits per heavy atom. The highest BCUT2D eigenvalue weighted by atomic mass is 16.5. The second kappa shape index (κ2) is 8.47. The first-order chi connectivity index (χ1) is 14.2. The van der Waals surface area contributed by atoms with Crippen LogP contribution in [0.2, 0.25) is 0 Å². The third-order valence-corrected chi connectivity index (χ3v) is 4.30. The molecule has 0 saturated heterocycles. The van der Waals surface area contributed by atoms with Crippen molar-refractivity contribution in [3.8, 4) is 17.1 Å². The smallest absolute Gasteiger partial charge is 0.338 e. The van der Waals surface area contributed by atoms with Crippen LogP contribution >= 0.6 is 0 Å². The number of rotatable bonds is 7. The molecule has 0 aliphatic carbocycles. The van der Waals surface area contributed by atoms with Crippen LogP contribution in [0.4, 0.5) is 0 Å². The summed E-state index contributed by atoms with van der Waals surface area (Å²) >= 11 is 0. The van der Waals surface area contributed by atoms with Gasteiger partial charge in [0.05, 0.1) is 30.6 Å². The first kappa shape index (κ1) is 18.5. The molecule has 0 radical (unpaired) electrons. The average molecular weight is 388 g/mol. The lowest BCUT2D eigenvalue weighted by atomic mass is 10.2. The zero-order chi connectivity index (χ0) is 20.1. The predicted molar refractivity (Wildman–Crippen MR) is 106 cm³/mol. The second-order valence-corrected chi connectivity index (χ2v) is 6.57. The SMILES string of the molecule is Cc1cnn(-c2ccc(C(=O)OCCCn3nnc(-c4ccccc4)n3)cc2)c1. The lowest BCUT2D eigenvalue weighted by molar-refractivity contribution is 0.0493. The van der Waals surface area contributed by atoms with Crippen LogP contribution in [0.15, 0.2) is 67.0 Å². The molecule has 2 aromatic carbocycles. The molecule has 0 unspecified atom stereocenters. The van der Waals surface area contributed by atoms with Crippen LogP contribution in [0.3, 0.4) is 0 Å². The maximum Gasteiger partial charge on any atom is 0.338 e. The molecule has 146 valence electrons. The van der Waals surface area contributed by atoms with Gasteiger partial charge in [-0.15, -0.1) is 10.2 Å². The van der Waals surface area contributed by atoms with Gasteiger partial charge in [-0.1, -0.05) is 30.3 Å². The largest absolute Gasteiger partial charge is 0.462 e. The number of esters is 1. The molecule has 0 amide bonds. The van der Waals surface area contributed by atoms with Crippen LogP contribution in [0.1, 0.15) is 22.3 Å². The van der Waals surface area contributed by atoms with Gasteiger partial charge in [-0.3, -0.25) is 0 Å². The molecular weight excluding hydrogens is 368 g/mol. The lowest BCUT2D eigenvalue weighted by Crippen LogP contribution is -2.10. The fraction of sp³-hybridized carbons (Fsp3) is 0.190. The topological polar surface area (TPSA) is 87.7 Å². The van der Waals surface area contributed by atoms with Crippen molar-refractivity contribution in [1.29, 1.82) is 0 Å². The minimum atomic E-state index is -0.357. The Labute approximate surface area is 167 Å². The number of aromatic nitrogens is 6. The molecule has 2 aromatic heterocycles. The molecule has 0 N–H and O–H groups in total. The summed E-state index contributed by atoms with van der Waals surface area (Å²) in [4.78, 5) is 13.7. The number of carbonyl (C=O) groups excluding carboxylic acids is 1. The van der Waals surface area contributed by atoms with E-state index in [1.165, 1.54) is 4.80 Å². The Morgan fingerprint density at radius 1 is 1.07 bits per heavy atom. The molecule has 29 heavy (non-hydrogen) atoms. The van der Waals surface area contributed by atoms with Crippen molar-refractivity contribution in [1.82, 2.24) is 30.0 Å². The molecule has 0 spiro atoms. The highest BCUT2D eigenvalue weighted by Crippen LogP contribution is 2.12. The maximum atomic E-state index is 12.2. The van der Waals surface area contributed by atoms with Crippen LogP contribution in [-0.4, -0.2) is 42.6 Å². The molecule has 4 aromatic rings. The summed E-state index contributed by atoms with van der Waals surface area (Å²) in [5.74, 6) is 0.222. The van der Waals surface area contributed by atoms with E-state index in [9.17, 15) is 4.79 Å². The third kappa shape index (κ3) is 4.55. The van der Waals surface area contributed by atoms with Crippen molar-refractivity contribution in [3.63, 3.8) is 0 Å². The van der Waals surface area contributed by atoms with Gasteiger partial charge in [0.15, 0.2) is 0 Å². The zero-order valence-electron chi connectivity index (χ0n) is 16.0. The standard InChI is InChI=1S/C21H20N6O2/c1-16-14-22-26(15-16)19-10-8-18(9-11-19)21(28)29-13-5-12-27-24-20(23-25-27)17-6-3-2-4-7-17/h2-4,6-11,14-15H,5,12-13H2,1H3. The van der Waals surface area contributed by atoms with Crippen molar-refractivity contribution < 1.29 is 9.53 Å². The average Bonchev–Trinajstić information content (AvgIpc) is 3.41. The highest BCUT2D eigenvalue weighted by Gasteiger charge is 2.09. The summed E-state index contributed by atoms with van der Waals surface area (Å²) in [6.45, 7) is 2.78. The number of nitrogens with zero attached hydrogens (tertiary/aromatic N) is 6. The number of hydrogen-bond acceptors (Lipinski definition) is 6. The molecule has 0 atom stereocenters. The zero-order valence-corrected chi connectivity index (χ0v) is 16.0. The van der Waals surface area contributed by atoms with Crippen LogP contribution < -0.4 is 0 Å². The van der Waals surface area contributed by atoms with Crippen molar-refractivity contribution in [2.75, 3.05) is 6.61 Å². The molecule has 8 nitrogen and oxygen atoms in total. The third-order valence-electron chi connectivity index (χ3n) is 4.30. The summed E-state index contributed by atoms with van der Waals surface area (Å²) in [5.41, 5.74) is 3.38. The molecule has 0 fully saturated rings. The minimum absolute atomic E-state index is 0.279. The fourth-order valence-electron chi connectivity index (χ4n) is 2.80. The Balaban J connectivity index is 1.25. The molecule has 0 aliphatic heterocycles. The summed E-state index contributed by atoms with van der Waals surface area (Å²) in [6, 6.07) is 16.8. The lowest BCUT2D eigenvalue weighted by Gasteiger charge is -2.06. The number of ether oxygens (including phenoxy) is 1. The van der Waals surface area contributed by atoms with Crippen molar-refractivity contribution in [2.24, 2.45) is 0 Å². The normalized spacial score (nSPS) is 10.8. The number of hydrogen-bond donors (Lipinski definition) is 0. The summed E-state index contributed by atoms with van der Waals surface area (Å²) in [5, 5.41) is 16.7. The van der Waals surface area contributed by atoms with E-state index < -0.39 is 0 Å². The second-order valence-electron chi connectivity index (χ2n) is 6.57. The maximum absolute atomic E-state index is 12.2. The van der Waals surface area contributed by atoms with Crippen LogP contribution in [0, 0.1) is 6.92 Å². The van der Waals surface area contributed by atoms with E-state index in [1.54, 1.807) is 23.0 Å². The summed E-state index contributed by atoms with van der Waals surface area (Å²) in [7, 11) is 0. The van der Waals surface area contributed by atoms with Crippen LogP contribution in [0.5, 0.6) is 0 Å². The number of benzene rings is 2. The number of carbonyl (C=O) groups is 1. The first-order valence-electron chi connectivity index (χ1n) is 9.31.